The standard InChI is InChI=1S/C21H24N2O4/c1-15-10-19-20(26-9-8-25-19)11-18(15)21(24)23-7-3-5-17(13-23)27-14-16-4-2-6-22-12-16/h2,4,6,10-12,17H,3,5,7-9,13-14H2,1H3. The molecule has 0 bridgehead atoms. The van der Waals surface area contributed by atoms with Crippen LogP contribution in [0.3, 0.4) is 0 Å². The summed E-state index contributed by atoms with van der Waals surface area (Å²) in [5.74, 6) is 1.39. The predicted molar refractivity (Wildman–Crippen MR) is 100 cm³/mol. The van der Waals surface area contributed by atoms with Crippen LogP contribution in [0, 0.1) is 6.92 Å². The van der Waals surface area contributed by atoms with Gasteiger partial charge in [0, 0.05) is 31.0 Å². The van der Waals surface area contributed by atoms with Crippen molar-refractivity contribution in [1.82, 2.24) is 9.88 Å². The summed E-state index contributed by atoms with van der Waals surface area (Å²) in [6.45, 7) is 4.86. The highest BCUT2D eigenvalue weighted by molar-refractivity contribution is 5.96. The topological polar surface area (TPSA) is 60.9 Å². The second-order valence-corrected chi connectivity index (χ2v) is 7.00. The van der Waals surface area contributed by atoms with Crippen molar-refractivity contribution in [2.24, 2.45) is 0 Å². The normalized spacial score (nSPS) is 19.0. The van der Waals surface area contributed by atoms with Gasteiger partial charge in [-0.25, -0.2) is 0 Å². The van der Waals surface area contributed by atoms with E-state index in [0.717, 1.165) is 30.5 Å². The Bertz CT molecular complexity index is 809. The van der Waals surface area contributed by atoms with Crippen LogP contribution in [0.4, 0.5) is 0 Å². The molecule has 6 heteroatoms. The number of aromatic nitrogens is 1. The summed E-state index contributed by atoms with van der Waals surface area (Å²) in [6, 6.07) is 7.60. The van der Waals surface area contributed by atoms with Gasteiger partial charge in [0.15, 0.2) is 11.5 Å². The third kappa shape index (κ3) is 4.06. The van der Waals surface area contributed by atoms with Gasteiger partial charge in [-0.3, -0.25) is 9.78 Å². The molecule has 1 fully saturated rings. The summed E-state index contributed by atoms with van der Waals surface area (Å²) in [4.78, 5) is 19.1. The van der Waals surface area contributed by atoms with E-state index in [4.69, 9.17) is 14.2 Å². The SMILES string of the molecule is Cc1cc2c(cc1C(=O)N1CCCC(OCc3cccnc3)C1)OCCO2. The van der Waals surface area contributed by atoms with Crippen LogP contribution in [0.1, 0.15) is 34.3 Å². The van der Waals surface area contributed by atoms with Gasteiger partial charge in [0.25, 0.3) is 5.91 Å². The molecule has 0 aliphatic carbocycles. The number of ether oxygens (including phenoxy) is 3. The van der Waals surface area contributed by atoms with E-state index in [2.05, 4.69) is 4.98 Å². The summed E-state index contributed by atoms with van der Waals surface area (Å²) in [7, 11) is 0. The highest BCUT2D eigenvalue weighted by Crippen LogP contribution is 2.33. The average Bonchev–Trinajstić information content (AvgIpc) is 2.72. The van der Waals surface area contributed by atoms with Crippen molar-refractivity contribution in [3.8, 4) is 11.5 Å². The number of hydrogen-bond acceptors (Lipinski definition) is 5. The maximum atomic E-state index is 13.1. The van der Waals surface area contributed by atoms with Gasteiger partial charge in [-0.2, -0.15) is 0 Å². The monoisotopic (exact) mass is 368 g/mol. The number of carbonyl (C=O) groups is 1. The Hall–Kier alpha value is -2.60. The fourth-order valence-corrected chi connectivity index (χ4v) is 3.55. The van der Waals surface area contributed by atoms with Gasteiger partial charge in [-0.15, -0.1) is 0 Å². The van der Waals surface area contributed by atoms with Crippen LogP contribution < -0.4 is 9.47 Å². The molecule has 3 heterocycles. The molecule has 0 N–H and O–H groups in total. The largest absolute Gasteiger partial charge is 0.486 e. The first-order valence-corrected chi connectivity index (χ1v) is 9.41. The van der Waals surface area contributed by atoms with Crippen LogP contribution in [0.25, 0.3) is 0 Å². The maximum absolute atomic E-state index is 13.1. The van der Waals surface area contributed by atoms with E-state index in [1.165, 1.54) is 0 Å². The van der Waals surface area contributed by atoms with Crippen molar-refractivity contribution in [2.75, 3.05) is 26.3 Å². The van der Waals surface area contributed by atoms with Crippen LogP contribution in [-0.4, -0.2) is 48.2 Å². The summed E-state index contributed by atoms with van der Waals surface area (Å²) in [6.07, 6.45) is 5.50. The molecule has 1 aromatic heterocycles. The number of hydrogen-bond donors (Lipinski definition) is 0. The first kappa shape index (κ1) is 17.8. The lowest BCUT2D eigenvalue weighted by Gasteiger charge is -2.33. The molecule has 4 rings (SSSR count). The number of nitrogens with zero attached hydrogens (tertiary/aromatic N) is 2. The number of carbonyl (C=O) groups excluding carboxylic acids is 1. The summed E-state index contributed by atoms with van der Waals surface area (Å²) in [5, 5.41) is 0. The van der Waals surface area contributed by atoms with Gasteiger partial charge in [-0.1, -0.05) is 6.07 Å². The van der Waals surface area contributed by atoms with Gasteiger partial charge in [0.05, 0.1) is 12.7 Å². The lowest BCUT2D eigenvalue weighted by molar-refractivity contribution is -0.00685. The summed E-state index contributed by atoms with van der Waals surface area (Å²) >= 11 is 0. The molecule has 1 unspecified atom stereocenters. The van der Waals surface area contributed by atoms with Crippen molar-refractivity contribution in [3.05, 3.63) is 53.3 Å². The lowest BCUT2D eigenvalue weighted by Crippen LogP contribution is -2.43. The quantitative estimate of drug-likeness (QED) is 0.830. The van der Waals surface area contributed by atoms with E-state index in [1.54, 1.807) is 6.20 Å². The second-order valence-electron chi connectivity index (χ2n) is 7.00. The van der Waals surface area contributed by atoms with Gasteiger partial charge in [0.2, 0.25) is 0 Å². The van der Waals surface area contributed by atoms with Crippen LogP contribution >= 0.6 is 0 Å². The Labute approximate surface area is 159 Å². The van der Waals surface area contributed by atoms with E-state index < -0.39 is 0 Å². The molecule has 0 radical (unpaired) electrons. The molecule has 1 aromatic carbocycles. The Kier molecular flexibility index (Phi) is 5.25. The zero-order valence-electron chi connectivity index (χ0n) is 15.5. The van der Waals surface area contributed by atoms with Crippen molar-refractivity contribution in [1.29, 1.82) is 0 Å². The van der Waals surface area contributed by atoms with Crippen molar-refractivity contribution in [3.63, 3.8) is 0 Å². The molecule has 1 atom stereocenters. The van der Waals surface area contributed by atoms with Crippen molar-refractivity contribution in [2.45, 2.75) is 32.5 Å². The third-order valence-corrected chi connectivity index (χ3v) is 4.99. The molecule has 142 valence electrons. The molecule has 27 heavy (non-hydrogen) atoms. The minimum Gasteiger partial charge on any atom is -0.486 e. The van der Waals surface area contributed by atoms with Gasteiger partial charge in [-0.05, 0) is 49.1 Å². The number of piperidine rings is 1. The molecular weight excluding hydrogens is 344 g/mol. The number of benzene rings is 1. The van der Waals surface area contributed by atoms with E-state index in [1.807, 2.05) is 42.3 Å². The van der Waals surface area contributed by atoms with E-state index in [9.17, 15) is 4.79 Å². The molecule has 6 nitrogen and oxygen atoms in total. The Balaban J connectivity index is 1.42. The van der Waals surface area contributed by atoms with Crippen molar-refractivity contribution < 1.29 is 19.0 Å². The number of amides is 1. The number of likely N-dealkylation sites (tertiary alicyclic amines) is 1. The number of fused-ring (bicyclic) bond motifs is 1. The first-order valence-electron chi connectivity index (χ1n) is 9.41. The molecule has 1 amide bonds. The summed E-state index contributed by atoms with van der Waals surface area (Å²) in [5.41, 5.74) is 2.62. The first-order chi connectivity index (χ1) is 13.2. The fraction of sp³-hybridized carbons (Fsp3) is 0.429. The molecule has 0 saturated carbocycles. The minimum atomic E-state index is 0.0270. The van der Waals surface area contributed by atoms with Crippen LogP contribution in [0.5, 0.6) is 11.5 Å². The summed E-state index contributed by atoms with van der Waals surface area (Å²) < 4.78 is 17.3. The smallest absolute Gasteiger partial charge is 0.254 e. The number of pyridine rings is 1. The second kappa shape index (κ2) is 7.96. The van der Waals surface area contributed by atoms with E-state index in [-0.39, 0.29) is 12.0 Å². The van der Waals surface area contributed by atoms with Crippen molar-refractivity contribution >= 4 is 5.91 Å². The van der Waals surface area contributed by atoms with Crippen LogP contribution in [0.2, 0.25) is 0 Å². The van der Waals surface area contributed by atoms with Gasteiger partial charge in [0.1, 0.15) is 13.2 Å². The van der Waals surface area contributed by atoms with Gasteiger partial charge < -0.3 is 19.1 Å². The maximum Gasteiger partial charge on any atom is 0.254 e. The average molecular weight is 368 g/mol. The predicted octanol–water partition coefficient (Wildman–Crippen LogP) is 2.98. The Morgan fingerprint density at radius 2 is 2.11 bits per heavy atom. The van der Waals surface area contributed by atoms with Crippen LogP contribution in [0.15, 0.2) is 36.7 Å². The Morgan fingerprint density at radius 1 is 1.30 bits per heavy atom. The highest BCUT2D eigenvalue weighted by atomic mass is 16.6. The minimum absolute atomic E-state index is 0.0270. The zero-order valence-corrected chi connectivity index (χ0v) is 15.5. The number of rotatable bonds is 4. The highest BCUT2D eigenvalue weighted by Gasteiger charge is 2.27. The van der Waals surface area contributed by atoms with E-state index >= 15 is 0 Å². The lowest BCUT2D eigenvalue weighted by atomic mass is 10.0. The van der Waals surface area contributed by atoms with Gasteiger partial charge >= 0.3 is 0 Å². The third-order valence-electron chi connectivity index (χ3n) is 4.99. The molecule has 2 aliphatic heterocycles. The van der Waals surface area contributed by atoms with E-state index in [0.29, 0.717) is 43.4 Å². The molecule has 0 spiro atoms. The molecule has 1 saturated heterocycles. The van der Waals surface area contributed by atoms with Crippen LogP contribution in [-0.2, 0) is 11.3 Å². The Morgan fingerprint density at radius 3 is 2.89 bits per heavy atom. The molecule has 2 aliphatic rings. The zero-order chi connectivity index (χ0) is 18.6. The number of aryl methyl sites for hydroxylation is 1. The molecule has 2 aromatic rings. The molecular formula is C21H24N2O4. The fourth-order valence-electron chi connectivity index (χ4n) is 3.55.